The highest BCUT2D eigenvalue weighted by Gasteiger charge is 2.57. The van der Waals surface area contributed by atoms with Crippen LogP contribution in [-0.2, 0) is 0 Å². The highest BCUT2D eigenvalue weighted by atomic mass is 79.9. The number of alkyl halides is 1. The molecule has 0 radical (unpaired) electrons. The summed E-state index contributed by atoms with van der Waals surface area (Å²) in [6.45, 7) is 6.85. The molecule has 0 nitrogen and oxygen atoms in total. The van der Waals surface area contributed by atoms with Crippen molar-refractivity contribution >= 4 is 31.9 Å². The molecular formula is C13H16Br2. The van der Waals surface area contributed by atoms with Crippen LogP contribution in [0.1, 0.15) is 30.9 Å². The minimum absolute atomic E-state index is 0.446. The van der Waals surface area contributed by atoms with Crippen LogP contribution in [0.2, 0.25) is 0 Å². The monoisotopic (exact) mass is 330 g/mol. The first kappa shape index (κ1) is 11.7. The molecule has 1 aliphatic carbocycles. The smallest absolute Gasteiger partial charge is 0.0213 e. The van der Waals surface area contributed by atoms with E-state index in [1.807, 2.05) is 0 Å². The van der Waals surface area contributed by atoms with Gasteiger partial charge in [0.1, 0.15) is 0 Å². The van der Waals surface area contributed by atoms with Crippen molar-refractivity contribution in [2.75, 3.05) is 5.33 Å². The molecule has 1 fully saturated rings. The van der Waals surface area contributed by atoms with Crippen LogP contribution in [0.25, 0.3) is 0 Å². The summed E-state index contributed by atoms with van der Waals surface area (Å²) in [6.07, 6.45) is 0. The van der Waals surface area contributed by atoms with Gasteiger partial charge in [0.05, 0.1) is 0 Å². The maximum atomic E-state index is 3.68. The largest absolute Gasteiger partial charge is 0.0925 e. The van der Waals surface area contributed by atoms with Crippen molar-refractivity contribution in [2.24, 2.45) is 11.3 Å². The van der Waals surface area contributed by atoms with Crippen LogP contribution >= 0.6 is 31.9 Å². The first-order valence-corrected chi connectivity index (χ1v) is 7.22. The van der Waals surface area contributed by atoms with Gasteiger partial charge in [-0.1, -0.05) is 57.8 Å². The van der Waals surface area contributed by atoms with E-state index in [2.05, 4.69) is 70.8 Å². The van der Waals surface area contributed by atoms with Crippen molar-refractivity contribution in [2.45, 2.75) is 26.7 Å². The fourth-order valence-corrected chi connectivity index (χ4v) is 4.48. The zero-order valence-electron chi connectivity index (χ0n) is 9.35. The number of hydrogen-bond acceptors (Lipinski definition) is 0. The Balaban J connectivity index is 2.33. The van der Waals surface area contributed by atoms with Crippen molar-refractivity contribution in [3.8, 4) is 0 Å². The third-order valence-corrected chi connectivity index (χ3v) is 5.09. The van der Waals surface area contributed by atoms with Gasteiger partial charge >= 0.3 is 0 Å². The van der Waals surface area contributed by atoms with E-state index in [-0.39, 0.29) is 0 Å². The van der Waals surface area contributed by atoms with E-state index in [1.165, 1.54) is 15.6 Å². The van der Waals surface area contributed by atoms with Gasteiger partial charge in [-0.05, 0) is 41.4 Å². The fourth-order valence-electron chi connectivity index (χ4n) is 2.53. The summed E-state index contributed by atoms with van der Waals surface area (Å²) in [5.41, 5.74) is 3.23. The van der Waals surface area contributed by atoms with Crippen LogP contribution in [0.3, 0.4) is 0 Å². The van der Waals surface area contributed by atoms with Crippen LogP contribution < -0.4 is 0 Å². The third kappa shape index (κ3) is 1.91. The minimum atomic E-state index is 0.446. The molecule has 0 amide bonds. The maximum absolute atomic E-state index is 3.68. The molecule has 0 saturated heterocycles. The average molecular weight is 332 g/mol. The molecule has 1 aliphatic rings. The molecule has 1 saturated carbocycles. The fraction of sp³-hybridized carbons (Fsp3) is 0.538. The number of aryl methyl sites for hydroxylation is 1. The van der Waals surface area contributed by atoms with E-state index in [0.29, 0.717) is 11.3 Å². The Labute approximate surface area is 109 Å². The Kier molecular flexibility index (Phi) is 3.02. The third-order valence-electron chi connectivity index (χ3n) is 3.71. The highest BCUT2D eigenvalue weighted by Crippen LogP contribution is 2.65. The van der Waals surface area contributed by atoms with Crippen LogP contribution in [0.15, 0.2) is 22.7 Å². The van der Waals surface area contributed by atoms with Gasteiger partial charge in [-0.15, -0.1) is 0 Å². The maximum Gasteiger partial charge on any atom is 0.0213 e. The quantitative estimate of drug-likeness (QED) is 0.677. The predicted octanol–water partition coefficient (Wildman–Crippen LogP) is 4.89. The number of halogens is 2. The second kappa shape index (κ2) is 3.89. The Morgan fingerprint density at radius 3 is 2.47 bits per heavy atom. The van der Waals surface area contributed by atoms with Crippen molar-refractivity contribution in [1.29, 1.82) is 0 Å². The van der Waals surface area contributed by atoms with Crippen LogP contribution in [0, 0.1) is 18.3 Å². The topological polar surface area (TPSA) is 0 Å². The summed E-state index contributed by atoms with van der Waals surface area (Å²) in [5.74, 6) is 1.48. The molecule has 15 heavy (non-hydrogen) atoms. The lowest BCUT2D eigenvalue weighted by Gasteiger charge is -2.06. The molecule has 0 N–H and O–H groups in total. The summed E-state index contributed by atoms with van der Waals surface area (Å²) in [7, 11) is 0. The van der Waals surface area contributed by atoms with Crippen LogP contribution in [0.4, 0.5) is 0 Å². The Bertz CT molecular complexity index is 382. The number of benzene rings is 1. The van der Waals surface area contributed by atoms with Gasteiger partial charge < -0.3 is 0 Å². The lowest BCUT2D eigenvalue weighted by atomic mass is 10.0. The predicted molar refractivity (Wildman–Crippen MR) is 72.7 cm³/mol. The van der Waals surface area contributed by atoms with Crippen molar-refractivity contribution in [1.82, 2.24) is 0 Å². The van der Waals surface area contributed by atoms with Gasteiger partial charge in [-0.2, -0.15) is 0 Å². The molecule has 0 spiro atoms. The summed E-state index contributed by atoms with van der Waals surface area (Å²) >= 11 is 7.29. The first-order chi connectivity index (χ1) is 6.98. The highest BCUT2D eigenvalue weighted by molar-refractivity contribution is 9.10. The SMILES string of the molecule is Cc1ccc(C2C(CBr)C2(C)C)c(Br)c1. The molecule has 0 bridgehead atoms. The average Bonchev–Trinajstić information content (AvgIpc) is 2.68. The van der Waals surface area contributed by atoms with Crippen molar-refractivity contribution < 1.29 is 0 Å². The Morgan fingerprint density at radius 1 is 1.33 bits per heavy atom. The normalized spacial score (nSPS) is 27.8. The van der Waals surface area contributed by atoms with Gasteiger partial charge in [-0.3, -0.25) is 0 Å². The van der Waals surface area contributed by atoms with Gasteiger partial charge in [-0.25, -0.2) is 0 Å². The molecule has 0 aliphatic heterocycles. The van der Waals surface area contributed by atoms with Crippen LogP contribution in [-0.4, -0.2) is 5.33 Å². The van der Waals surface area contributed by atoms with Gasteiger partial charge in [0.15, 0.2) is 0 Å². The first-order valence-electron chi connectivity index (χ1n) is 5.30. The van der Waals surface area contributed by atoms with E-state index in [0.717, 1.165) is 11.2 Å². The van der Waals surface area contributed by atoms with Gasteiger partial charge in [0.2, 0.25) is 0 Å². The summed E-state index contributed by atoms with van der Waals surface area (Å²) < 4.78 is 1.27. The van der Waals surface area contributed by atoms with Gasteiger partial charge in [0.25, 0.3) is 0 Å². The second-order valence-electron chi connectivity index (χ2n) is 5.08. The van der Waals surface area contributed by atoms with E-state index < -0.39 is 0 Å². The van der Waals surface area contributed by atoms with Crippen LogP contribution in [0.5, 0.6) is 0 Å². The molecule has 1 aromatic rings. The van der Waals surface area contributed by atoms with Gasteiger partial charge in [0, 0.05) is 9.80 Å². The molecule has 0 heterocycles. The Morgan fingerprint density at radius 2 is 2.00 bits per heavy atom. The summed E-state index contributed by atoms with van der Waals surface area (Å²) in [5, 5.41) is 1.10. The zero-order chi connectivity index (χ0) is 11.2. The van der Waals surface area contributed by atoms with E-state index in [4.69, 9.17) is 0 Å². The Hall–Kier alpha value is 0.180. The zero-order valence-corrected chi connectivity index (χ0v) is 12.5. The molecule has 2 atom stereocenters. The van der Waals surface area contributed by atoms with E-state index in [9.17, 15) is 0 Å². The number of hydrogen-bond donors (Lipinski definition) is 0. The minimum Gasteiger partial charge on any atom is -0.0925 e. The standard InChI is InChI=1S/C13H16Br2/c1-8-4-5-9(11(15)6-8)12-10(7-14)13(12,2)3/h4-6,10,12H,7H2,1-3H3. The lowest BCUT2D eigenvalue weighted by Crippen LogP contribution is -1.91. The van der Waals surface area contributed by atoms with E-state index in [1.54, 1.807) is 0 Å². The molecule has 1 aromatic carbocycles. The molecule has 0 aromatic heterocycles. The molecule has 2 unspecified atom stereocenters. The summed E-state index contributed by atoms with van der Waals surface area (Å²) in [6, 6.07) is 6.70. The van der Waals surface area contributed by atoms with Crippen molar-refractivity contribution in [3.05, 3.63) is 33.8 Å². The van der Waals surface area contributed by atoms with E-state index >= 15 is 0 Å². The lowest BCUT2D eigenvalue weighted by molar-refractivity contribution is 0.579. The number of rotatable bonds is 2. The molecular weight excluding hydrogens is 316 g/mol. The molecule has 82 valence electrons. The van der Waals surface area contributed by atoms with Crippen molar-refractivity contribution in [3.63, 3.8) is 0 Å². The second-order valence-corrected chi connectivity index (χ2v) is 6.59. The molecule has 2 rings (SSSR count). The summed E-state index contributed by atoms with van der Waals surface area (Å²) in [4.78, 5) is 0. The molecule has 2 heteroatoms.